The molecule has 1 aromatic heterocycles. The standard InChI is InChI=1S/C15H18N4O/c1-11-13(10-18(2)17-11)15(20)19-8-7-16-9-12-5-3-4-6-14(12)19/h3-6,10,16H,7-9H2,1-2H3. The van der Waals surface area contributed by atoms with Crippen LogP contribution in [0.4, 0.5) is 5.69 Å². The van der Waals surface area contributed by atoms with Gasteiger partial charge in [0.15, 0.2) is 0 Å². The van der Waals surface area contributed by atoms with E-state index in [-0.39, 0.29) is 5.91 Å². The van der Waals surface area contributed by atoms with Crippen LogP contribution in [0.2, 0.25) is 0 Å². The van der Waals surface area contributed by atoms with Gasteiger partial charge in [-0.05, 0) is 18.6 Å². The summed E-state index contributed by atoms with van der Waals surface area (Å²) >= 11 is 0. The lowest BCUT2D eigenvalue weighted by Crippen LogP contribution is -2.34. The molecular formula is C15H18N4O. The Bertz CT molecular complexity index is 647. The third-order valence-electron chi connectivity index (χ3n) is 3.60. The lowest BCUT2D eigenvalue weighted by molar-refractivity contribution is 0.0987. The highest BCUT2D eigenvalue weighted by Gasteiger charge is 2.24. The van der Waals surface area contributed by atoms with Crippen LogP contribution in [0.3, 0.4) is 0 Å². The van der Waals surface area contributed by atoms with Crippen LogP contribution in [0.15, 0.2) is 30.5 Å². The fraction of sp³-hybridized carbons (Fsp3) is 0.333. The number of amides is 1. The maximum Gasteiger partial charge on any atom is 0.261 e. The van der Waals surface area contributed by atoms with Gasteiger partial charge in [0.2, 0.25) is 0 Å². The zero-order valence-electron chi connectivity index (χ0n) is 11.8. The van der Waals surface area contributed by atoms with E-state index in [4.69, 9.17) is 0 Å². The molecule has 1 aliphatic rings. The Hall–Kier alpha value is -2.14. The maximum atomic E-state index is 12.8. The molecule has 0 fully saturated rings. The highest BCUT2D eigenvalue weighted by atomic mass is 16.2. The number of hydrogen-bond donors (Lipinski definition) is 1. The van der Waals surface area contributed by atoms with Gasteiger partial charge in [-0.3, -0.25) is 9.48 Å². The van der Waals surface area contributed by atoms with Crippen LogP contribution in [0.1, 0.15) is 21.6 Å². The molecular weight excluding hydrogens is 252 g/mol. The fourth-order valence-corrected chi connectivity index (χ4v) is 2.62. The lowest BCUT2D eigenvalue weighted by Gasteiger charge is -2.22. The molecule has 5 heteroatoms. The summed E-state index contributed by atoms with van der Waals surface area (Å²) in [6.07, 6.45) is 1.79. The van der Waals surface area contributed by atoms with Gasteiger partial charge < -0.3 is 10.2 Å². The third kappa shape index (κ3) is 2.20. The van der Waals surface area contributed by atoms with E-state index in [1.807, 2.05) is 37.1 Å². The molecule has 20 heavy (non-hydrogen) atoms. The molecule has 3 rings (SSSR count). The average Bonchev–Trinajstić information content (AvgIpc) is 2.66. The van der Waals surface area contributed by atoms with Gasteiger partial charge in [-0.25, -0.2) is 0 Å². The molecule has 0 radical (unpaired) electrons. The van der Waals surface area contributed by atoms with E-state index in [9.17, 15) is 4.79 Å². The van der Waals surface area contributed by atoms with Gasteiger partial charge in [0.1, 0.15) is 0 Å². The molecule has 5 nitrogen and oxygen atoms in total. The summed E-state index contributed by atoms with van der Waals surface area (Å²) in [5.41, 5.74) is 3.59. The van der Waals surface area contributed by atoms with Crippen LogP contribution in [0, 0.1) is 6.92 Å². The number of nitrogens with one attached hydrogen (secondary N) is 1. The van der Waals surface area contributed by atoms with Crippen LogP contribution in [0.25, 0.3) is 0 Å². The normalized spacial score (nSPS) is 14.8. The number of para-hydroxylation sites is 1. The van der Waals surface area contributed by atoms with Gasteiger partial charge in [0.25, 0.3) is 5.91 Å². The molecule has 2 heterocycles. The molecule has 0 saturated heterocycles. The van der Waals surface area contributed by atoms with Gasteiger partial charge in [-0.2, -0.15) is 5.10 Å². The molecule has 0 unspecified atom stereocenters. The molecule has 1 N–H and O–H groups in total. The summed E-state index contributed by atoms with van der Waals surface area (Å²) in [5, 5.41) is 7.60. The second kappa shape index (κ2) is 5.09. The zero-order valence-corrected chi connectivity index (χ0v) is 11.8. The predicted octanol–water partition coefficient (Wildman–Crippen LogP) is 1.48. The monoisotopic (exact) mass is 270 g/mol. The van der Waals surface area contributed by atoms with Crippen molar-refractivity contribution in [3.63, 3.8) is 0 Å². The van der Waals surface area contributed by atoms with Gasteiger partial charge in [0.05, 0.1) is 11.3 Å². The SMILES string of the molecule is Cc1nn(C)cc1C(=O)N1CCNCc2ccccc21. The van der Waals surface area contributed by atoms with Crippen molar-refractivity contribution in [2.75, 3.05) is 18.0 Å². The summed E-state index contributed by atoms with van der Waals surface area (Å²) in [7, 11) is 1.84. The van der Waals surface area contributed by atoms with Crippen molar-refractivity contribution < 1.29 is 4.79 Å². The molecule has 0 aliphatic carbocycles. The van der Waals surface area contributed by atoms with Crippen LogP contribution < -0.4 is 10.2 Å². The van der Waals surface area contributed by atoms with E-state index in [1.54, 1.807) is 10.9 Å². The van der Waals surface area contributed by atoms with Crippen molar-refractivity contribution in [3.05, 3.63) is 47.3 Å². The fourth-order valence-electron chi connectivity index (χ4n) is 2.62. The molecule has 1 aliphatic heterocycles. The first-order chi connectivity index (χ1) is 9.66. The molecule has 1 amide bonds. The Morgan fingerprint density at radius 1 is 1.35 bits per heavy atom. The van der Waals surface area contributed by atoms with Crippen LogP contribution in [-0.2, 0) is 13.6 Å². The zero-order chi connectivity index (χ0) is 14.1. The minimum absolute atomic E-state index is 0.0201. The minimum Gasteiger partial charge on any atom is -0.311 e. The summed E-state index contributed by atoms with van der Waals surface area (Å²) in [4.78, 5) is 14.6. The first-order valence-corrected chi connectivity index (χ1v) is 6.77. The van der Waals surface area contributed by atoms with Gasteiger partial charge >= 0.3 is 0 Å². The van der Waals surface area contributed by atoms with E-state index < -0.39 is 0 Å². The van der Waals surface area contributed by atoms with E-state index in [0.29, 0.717) is 12.1 Å². The topological polar surface area (TPSA) is 50.2 Å². The average molecular weight is 270 g/mol. The van der Waals surface area contributed by atoms with E-state index in [1.165, 1.54) is 0 Å². The summed E-state index contributed by atoms with van der Waals surface area (Å²) in [5.74, 6) is 0.0201. The number of benzene rings is 1. The Morgan fingerprint density at radius 3 is 2.90 bits per heavy atom. The Kier molecular flexibility index (Phi) is 3.28. The Balaban J connectivity index is 2.01. The van der Waals surface area contributed by atoms with Crippen molar-refractivity contribution >= 4 is 11.6 Å². The van der Waals surface area contributed by atoms with Crippen LogP contribution in [0.5, 0.6) is 0 Å². The van der Waals surface area contributed by atoms with Crippen molar-refractivity contribution in [2.24, 2.45) is 7.05 Å². The van der Waals surface area contributed by atoms with E-state index >= 15 is 0 Å². The Morgan fingerprint density at radius 2 is 2.15 bits per heavy atom. The smallest absolute Gasteiger partial charge is 0.261 e. The van der Waals surface area contributed by atoms with Crippen molar-refractivity contribution in [3.8, 4) is 0 Å². The second-order valence-corrected chi connectivity index (χ2v) is 5.06. The quantitative estimate of drug-likeness (QED) is 0.854. The molecule has 104 valence electrons. The third-order valence-corrected chi connectivity index (χ3v) is 3.60. The van der Waals surface area contributed by atoms with Crippen molar-refractivity contribution in [1.82, 2.24) is 15.1 Å². The number of carbonyl (C=O) groups excluding carboxylic acids is 1. The number of nitrogens with zero attached hydrogens (tertiary/aromatic N) is 3. The molecule has 0 atom stereocenters. The van der Waals surface area contributed by atoms with Crippen molar-refractivity contribution in [1.29, 1.82) is 0 Å². The van der Waals surface area contributed by atoms with E-state index in [2.05, 4.69) is 16.5 Å². The predicted molar refractivity (Wildman–Crippen MR) is 77.8 cm³/mol. The van der Waals surface area contributed by atoms with Gasteiger partial charge in [-0.1, -0.05) is 18.2 Å². The number of aryl methyl sites for hydroxylation is 2. The first-order valence-electron chi connectivity index (χ1n) is 6.77. The Labute approximate surface area is 118 Å². The first kappa shape index (κ1) is 12.9. The molecule has 1 aromatic carbocycles. The number of aromatic nitrogens is 2. The second-order valence-electron chi connectivity index (χ2n) is 5.06. The molecule has 2 aromatic rings. The largest absolute Gasteiger partial charge is 0.311 e. The van der Waals surface area contributed by atoms with E-state index in [0.717, 1.165) is 30.0 Å². The number of hydrogen-bond acceptors (Lipinski definition) is 3. The molecule has 0 bridgehead atoms. The molecule has 0 saturated carbocycles. The number of anilines is 1. The highest BCUT2D eigenvalue weighted by molar-refractivity contribution is 6.07. The summed E-state index contributed by atoms with van der Waals surface area (Å²) in [6.45, 7) is 4.13. The number of carbonyl (C=O) groups is 1. The van der Waals surface area contributed by atoms with Crippen LogP contribution in [-0.4, -0.2) is 28.8 Å². The van der Waals surface area contributed by atoms with Crippen LogP contribution >= 0.6 is 0 Å². The van der Waals surface area contributed by atoms with Gasteiger partial charge in [0, 0.05) is 38.6 Å². The van der Waals surface area contributed by atoms with Crippen molar-refractivity contribution in [2.45, 2.75) is 13.5 Å². The lowest BCUT2D eigenvalue weighted by atomic mass is 10.1. The molecule has 0 spiro atoms. The summed E-state index contributed by atoms with van der Waals surface area (Å²) < 4.78 is 1.69. The number of rotatable bonds is 1. The summed E-state index contributed by atoms with van der Waals surface area (Å²) in [6, 6.07) is 8.04. The number of fused-ring (bicyclic) bond motifs is 1. The minimum atomic E-state index is 0.0201. The highest BCUT2D eigenvalue weighted by Crippen LogP contribution is 2.24. The van der Waals surface area contributed by atoms with Gasteiger partial charge in [-0.15, -0.1) is 0 Å². The maximum absolute atomic E-state index is 12.8.